The number of rotatable bonds is 11. The number of pyridine rings is 2. The maximum atomic E-state index is 5.44. The van der Waals surface area contributed by atoms with Crippen molar-refractivity contribution in [3.8, 4) is 11.3 Å². The molecule has 0 amide bonds. The number of allylic oxidation sites excluding steroid dienone is 15. The second kappa shape index (κ2) is 17.0. The molecule has 0 bridgehead atoms. The summed E-state index contributed by atoms with van der Waals surface area (Å²) < 4.78 is 0. The first kappa shape index (κ1) is 36.1. The highest BCUT2D eigenvalue weighted by Crippen LogP contribution is 2.36. The van der Waals surface area contributed by atoms with Crippen molar-refractivity contribution in [1.29, 1.82) is 0 Å². The van der Waals surface area contributed by atoms with Gasteiger partial charge in [0.2, 0.25) is 0 Å². The van der Waals surface area contributed by atoms with Crippen LogP contribution in [-0.4, -0.2) is 15.7 Å². The standard InChI is InChI=1S/C47H51N3/c1-9-12-14-21-33(6)30-39(20-10-2)45-34(7)41-26-17-18-27-42(41)46(50-45)40-25-19-24-38(31-40)35(8)48-44(32(4)5)47-36(11-3)28-29-43(49-47)37-22-15-13-16-23-37/h9-10,12-16,18-23,25,27-31,38H,6,11,17,24,26H2,1-5,7-8H3/b12-9-,20-10-,21-14-,39-30-,48-35?. The zero-order valence-corrected chi connectivity index (χ0v) is 30.9. The van der Waals surface area contributed by atoms with Crippen molar-refractivity contribution in [2.75, 3.05) is 0 Å². The Hall–Kier alpha value is -5.15. The van der Waals surface area contributed by atoms with E-state index in [0.29, 0.717) is 0 Å². The first-order chi connectivity index (χ1) is 24.2. The molecule has 1 aromatic carbocycles. The van der Waals surface area contributed by atoms with Gasteiger partial charge >= 0.3 is 0 Å². The highest BCUT2D eigenvalue weighted by molar-refractivity contribution is 5.95. The van der Waals surface area contributed by atoms with Crippen LogP contribution in [0.15, 0.2) is 132 Å². The van der Waals surface area contributed by atoms with E-state index in [0.717, 1.165) is 87.7 Å². The molecule has 2 heterocycles. The van der Waals surface area contributed by atoms with Gasteiger partial charge in [-0.25, -0.2) is 9.97 Å². The van der Waals surface area contributed by atoms with Crippen LogP contribution in [0.3, 0.4) is 0 Å². The molecular formula is C47H51N3. The second-order valence-electron chi connectivity index (χ2n) is 13.2. The third kappa shape index (κ3) is 8.34. The Balaban J connectivity index is 1.58. The molecule has 2 aromatic heterocycles. The van der Waals surface area contributed by atoms with E-state index >= 15 is 0 Å². The van der Waals surface area contributed by atoms with Crippen LogP contribution in [0.4, 0.5) is 0 Å². The Morgan fingerprint density at radius 2 is 1.72 bits per heavy atom. The molecule has 0 aliphatic heterocycles. The number of nitrogens with zero attached hydrogens (tertiary/aromatic N) is 3. The van der Waals surface area contributed by atoms with E-state index in [9.17, 15) is 0 Å². The number of benzene rings is 1. The van der Waals surface area contributed by atoms with Crippen LogP contribution in [0.1, 0.15) is 93.7 Å². The van der Waals surface area contributed by atoms with E-state index in [1.165, 1.54) is 22.3 Å². The number of aryl methyl sites for hydroxylation is 1. The number of aliphatic imine (C=N–C) groups is 1. The van der Waals surface area contributed by atoms with Gasteiger partial charge in [0.05, 0.1) is 28.5 Å². The van der Waals surface area contributed by atoms with E-state index in [-0.39, 0.29) is 5.92 Å². The Labute approximate surface area is 300 Å². The van der Waals surface area contributed by atoms with Crippen LogP contribution in [-0.2, 0) is 12.8 Å². The molecule has 3 aromatic rings. The number of hydrogen-bond acceptors (Lipinski definition) is 3. The molecule has 1 unspecified atom stereocenters. The summed E-state index contributed by atoms with van der Waals surface area (Å²) in [5, 5.41) is 0. The minimum Gasteiger partial charge on any atom is -0.255 e. The normalized spacial score (nSPS) is 16.4. The molecule has 3 heteroatoms. The molecule has 0 N–H and O–H groups in total. The molecule has 254 valence electrons. The van der Waals surface area contributed by atoms with Gasteiger partial charge in [-0.2, -0.15) is 0 Å². The lowest BCUT2D eigenvalue weighted by molar-refractivity contribution is 0.864. The summed E-state index contributed by atoms with van der Waals surface area (Å²) in [6.07, 6.45) is 29.7. The van der Waals surface area contributed by atoms with Gasteiger partial charge in [0, 0.05) is 28.3 Å². The summed E-state index contributed by atoms with van der Waals surface area (Å²) in [7, 11) is 0. The molecule has 0 spiro atoms. The van der Waals surface area contributed by atoms with E-state index in [1.54, 1.807) is 0 Å². The Morgan fingerprint density at radius 1 is 0.920 bits per heavy atom. The zero-order chi connectivity index (χ0) is 35.6. The molecule has 0 fully saturated rings. The number of aromatic nitrogens is 2. The minimum atomic E-state index is 0.142. The molecule has 50 heavy (non-hydrogen) atoms. The van der Waals surface area contributed by atoms with Crippen LogP contribution < -0.4 is 0 Å². The monoisotopic (exact) mass is 657 g/mol. The molecule has 0 saturated carbocycles. The van der Waals surface area contributed by atoms with Crippen LogP contribution in [0.25, 0.3) is 34.2 Å². The third-order valence-electron chi connectivity index (χ3n) is 9.33. The highest BCUT2D eigenvalue weighted by atomic mass is 14.8. The van der Waals surface area contributed by atoms with Gasteiger partial charge in [-0.05, 0) is 113 Å². The lowest BCUT2D eigenvalue weighted by Gasteiger charge is -2.24. The SMILES string of the molecule is C=C(/C=C\C=C/C)/C=C(/C=C\C)c1nc(C2=CC(C(C)=NC(=C(C)C)c3nc(-c4ccccc4)ccc3CC)CC=C2)c2c(c1C)CCC=C2. The van der Waals surface area contributed by atoms with Crippen molar-refractivity contribution < 1.29 is 0 Å². The quantitative estimate of drug-likeness (QED) is 0.152. The number of hydrogen-bond donors (Lipinski definition) is 0. The van der Waals surface area contributed by atoms with Crippen molar-refractivity contribution in [2.45, 2.75) is 74.1 Å². The maximum absolute atomic E-state index is 5.44. The topological polar surface area (TPSA) is 38.1 Å². The average Bonchev–Trinajstić information content (AvgIpc) is 3.14. The predicted molar refractivity (Wildman–Crippen MR) is 218 cm³/mol. The van der Waals surface area contributed by atoms with Gasteiger partial charge in [-0.15, -0.1) is 0 Å². The first-order valence-corrected chi connectivity index (χ1v) is 18.0. The average molecular weight is 658 g/mol. The first-order valence-electron chi connectivity index (χ1n) is 18.0. The highest BCUT2D eigenvalue weighted by Gasteiger charge is 2.23. The lowest BCUT2D eigenvalue weighted by Crippen LogP contribution is -2.14. The molecule has 0 saturated heterocycles. The molecule has 0 radical (unpaired) electrons. The summed E-state index contributed by atoms with van der Waals surface area (Å²) in [6, 6.07) is 14.7. The van der Waals surface area contributed by atoms with E-state index in [4.69, 9.17) is 15.0 Å². The van der Waals surface area contributed by atoms with Gasteiger partial charge in [-0.1, -0.05) is 117 Å². The van der Waals surface area contributed by atoms with Gasteiger partial charge < -0.3 is 0 Å². The maximum Gasteiger partial charge on any atom is 0.0924 e. The molecule has 1 atom stereocenters. The van der Waals surface area contributed by atoms with E-state index < -0.39 is 0 Å². The van der Waals surface area contributed by atoms with Gasteiger partial charge in [0.1, 0.15) is 0 Å². The zero-order valence-electron chi connectivity index (χ0n) is 30.9. The predicted octanol–water partition coefficient (Wildman–Crippen LogP) is 12.5. The minimum absolute atomic E-state index is 0.142. The van der Waals surface area contributed by atoms with Gasteiger partial charge in [-0.3, -0.25) is 4.99 Å². The van der Waals surface area contributed by atoms with Crippen LogP contribution >= 0.6 is 0 Å². The van der Waals surface area contributed by atoms with Crippen molar-refractivity contribution in [1.82, 2.24) is 9.97 Å². The number of fused-ring (bicyclic) bond motifs is 1. The smallest absolute Gasteiger partial charge is 0.0924 e. The Bertz CT molecular complexity index is 2020. The fourth-order valence-corrected chi connectivity index (χ4v) is 6.63. The van der Waals surface area contributed by atoms with Crippen LogP contribution in [0, 0.1) is 12.8 Å². The van der Waals surface area contributed by atoms with E-state index in [2.05, 4.69) is 133 Å². The summed E-state index contributed by atoms with van der Waals surface area (Å²) >= 11 is 0. The molecule has 2 aliphatic rings. The summed E-state index contributed by atoms with van der Waals surface area (Å²) in [5.41, 5.74) is 16.5. The molecule has 5 rings (SSSR count). The Morgan fingerprint density at radius 3 is 2.44 bits per heavy atom. The fourth-order valence-electron chi connectivity index (χ4n) is 6.63. The van der Waals surface area contributed by atoms with Gasteiger partial charge in [0.25, 0.3) is 0 Å². The molecular weight excluding hydrogens is 607 g/mol. The third-order valence-corrected chi connectivity index (χ3v) is 9.33. The lowest BCUT2D eigenvalue weighted by atomic mass is 9.85. The van der Waals surface area contributed by atoms with E-state index in [1.807, 2.05) is 37.3 Å². The fraction of sp³-hybridized carbons (Fsp3) is 0.255. The summed E-state index contributed by atoms with van der Waals surface area (Å²) in [6.45, 7) is 19.2. The van der Waals surface area contributed by atoms with Crippen molar-refractivity contribution in [2.24, 2.45) is 10.9 Å². The van der Waals surface area contributed by atoms with Crippen molar-refractivity contribution in [3.05, 3.63) is 166 Å². The summed E-state index contributed by atoms with van der Waals surface area (Å²) in [5.74, 6) is 0.142. The largest absolute Gasteiger partial charge is 0.255 e. The Kier molecular flexibility index (Phi) is 12.3. The molecule has 2 aliphatic carbocycles. The molecule has 3 nitrogen and oxygen atoms in total. The summed E-state index contributed by atoms with van der Waals surface area (Å²) in [4.78, 5) is 16.0. The van der Waals surface area contributed by atoms with Crippen LogP contribution in [0.2, 0.25) is 0 Å². The van der Waals surface area contributed by atoms with Gasteiger partial charge in [0.15, 0.2) is 0 Å². The second-order valence-corrected chi connectivity index (χ2v) is 13.2. The van der Waals surface area contributed by atoms with Crippen molar-refractivity contribution >= 4 is 28.6 Å². The van der Waals surface area contributed by atoms with Crippen LogP contribution in [0.5, 0.6) is 0 Å². The van der Waals surface area contributed by atoms with Crippen molar-refractivity contribution in [3.63, 3.8) is 0 Å².